The van der Waals surface area contributed by atoms with Crippen LogP contribution in [-0.4, -0.2) is 51.5 Å². The molecular formula is C11H13NO7. The van der Waals surface area contributed by atoms with Gasteiger partial charge in [-0.2, -0.15) is 0 Å². The maximum absolute atomic E-state index is 10.5. The van der Waals surface area contributed by atoms with E-state index in [1.807, 2.05) is 0 Å². The lowest BCUT2D eigenvalue weighted by atomic mass is 10.1. The number of hydrogen-bond acceptors (Lipinski definition) is 7. The van der Waals surface area contributed by atoms with E-state index in [-0.39, 0.29) is 11.4 Å². The van der Waals surface area contributed by atoms with Gasteiger partial charge in [-0.1, -0.05) is 0 Å². The van der Waals surface area contributed by atoms with Gasteiger partial charge in [0.25, 0.3) is 5.69 Å². The highest BCUT2D eigenvalue weighted by molar-refractivity contribution is 5.36. The second-order valence-electron chi connectivity index (χ2n) is 4.08. The van der Waals surface area contributed by atoms with Crippen molar-refractivity contribution in [3.05, 3.63) is 34.4 Å². The molecule has 19 heavy (non-hydrogen) atoms. The van der Waals surface area contributed by atoms with Crippen LogP contribution >= 0.6 is 0 Å². The average Bonchev–Trinajstić information content (AvgIpc) is 2.67. The summed E-state index contributed by atoms with van der Waals surface area (Å²) in [5, 5.41) is 38.5. The maximum atomic E-state index is 10.5. The van der Waals surface area contributed by atoms with Crippen LogP contribution < -0.4 is 4.74 Å². The first-order valence-electron chi connectivity index (χ1n) is 5.56. The second-order valence-corrected chi connectivity index (χ2v) is 4.08. The number of nitro groups is 1. The molecule has 104 valence electrons. The monoisotopic (exact) mass is 271 g/mol. The van der Waals surface area contributed by atoms with Gasteiger partial charge in [0, 0.05) is 12.1 Å². The first kappa shape index (κ1) is 13.7. The number of aliphatic hydroxyl groups is 3. The predicted octanol–water partition coefficient (Wildman–Crippen LogP) is -0.587. The van der Waals surface area contributed by atoms with Crippen LogP contribution in [0.4, 0.5) is 5.69 Å². The van der Waals surface area contributed by atoms with Gasteiger partial charge >= 0.3 is 0 Å². The van der Waals surface area contributed by atoms with Crippen molar-refractivity contribution < 1.29 is 29.7 Å². The van der Waals surface area contributed by atoms with Crippen molar-refractivity contribution in [1.29, 1.82) is 0 Å². The molecule has 2 unspecified atom stereocenters. The largest absolute Gasteiger partial charge is 0.462 e. The lowest BCUT2D eigenvalue weighted by molar-refractivity contribution is -0.384. The number of nitrogens with zero attached hydrogens (tertiary/aromatic N) is 1. The summed E-state index contributed by atoms with van der Waals surface area (Å²) in [4.78, 5) is 9.93. The van der Waals surface area contributed by atoms with Crippen LogP contribution in [0.1, 0.15) is 0 Å². The molecule has 0 aliphatic carbocycles. The number of aliphatic hydroxyl groups excluding tert-OH is 3. The minimum absolute atomic E-state index is 0.0893. The molecule has 1 saturated heterocycles. The molecular weight excluding hydrogens is 258 g/mol. The van der Waals surface area contributed by atoms with Crippen LogP contribution in [0.25, 0.3) is 0 Å². The molecule has 1 fully saturated rings. The quantitative estimate of drug-likeness (QED) is 0.494. The SMILES string of the molecule is O=[N+]([O-])c1ccc(O[C@@H]2O[C@H](CO)C(O)C2O)cc1. The zero-order valence-corrected chi connectivity index (χ0v) is 9.75. The van der Waals surface area contributed by atoms with Gasteiger partial charge < -0.3 is 24.8 Å². The van der Waals surface area contributed by atoms with E-state index >= 15 is 0 Å². The van der Waals surface area contributed by atoms with Crippen LogP contribution in [0.3, 0.4) is 0 Å². The standard InChI is InChI=1S/C11H13NO7/c13-5-8-9(14)10(15)11(19-8)18-7-3-1-6(2-4-7)12(16)17/h1-4,8-11,13-15H,5H2/t8-,9?,10?,11-/m1/s1. The predicted molar refractivity (Wildman–Crippen MR) is 61.5 cm³/mol. The van der Waals surface area contributed by atoms with Crippen molar-refractivity contribution in [2.45, 2.75) is 24.6 Å². The molecule has 3 N–H and O–H groups in total. The second kappa shape index (κ2) is 5.49. The Morgan fingerprint density at radius 3 is 2.37 bits per heavy atom. The lowest BCUT2D eigenvalue weighted by Gasteiger charge is -2.16. The lowest BCUT2D eigenvalue weighted by Crippen LogP contribution is -2.35. The Morgan fingerprint density at radius 1 is 1.26 bits per heavy atom. The van der Waals surface area contributed by atoms with E-state index in [4.69, 9.17) is 14.6 Å². The minimum atomic E-state index is -1.30. The average molecular weight is 271 g/mol. The van der Waals surface area contributed by atoms with Gasteiger partial charge in [0.2, 0.25) is 6.29 Å². The Balaban J connectivity index is 2.03. The summed E-state index contributed by atoms with van der Waals surface area (Å²) >= 11 is 0. The first-order chi connectivity index (χ1) is 9.02. The van der Waals surface area contributed by atoms with Gasteiger partial charge in [0.05, 0.1) is 11.5 Å². The zero-order valence-electron chi connectivity index (χ0n) is 9.75. The Morgan fingerprint density at radius 2 is 1.89 bits per heavy atom. The first-order valence-corrected chi connectivity index (χ1v) is 5.56. The molecule has 0 spiro atoms. The normalized spacial score (nSPS) is 30.3. The molecule has 0 aromatic heterocycles. The summed E-state index contributed by atoms with van der Waals surface area (Å²) in [6.07, 6.45) is -4.59. The molecule has 1 aliphatic heterocycles. The summed E-state index contributed by atoms with van der Waals surface area (Å²) in [5.41, 5.74) is -0.0893. The Bertz CT molecular complexity index is 449. The van der Waals surface area contributed by atoms with Crippen LogP contribution in [0.15, 0.2) is 24.3 Å². The van der Waals surface area contributed by atoms with Gasteiger partial charge in [-0.25, -0.2) is 0 Å². The van der Waals surface area contributed by atoms with E-state index in [0.717, 1.165) is 0 Å². The van der Waals surface area contributed by atoms with E-state index in [1.54, 1.807) is 0 Å². The smallest absolute Gasteiger partial charge is 0.269 e. The van der Waals surface area contributed by atoms with Crippen molar-refractivity contribution >= 4 is 5.69 Å². The topological polar surface area (TPSA) is 122 Å². The van der Waals surface area contributed by atoms with Crippen molar-refractivity contribution in [2.75, 3.05) is 6.61 Å². The number of nitro benzene ring substituents is 1. The minimum Gasteiger partial charge on any atom is -0.462 e. The molecule has 2 rings (SSSR count). The van der Waals surface area contributed by atoms with E-state index in [1.165, 1.54) is 24.3 Å². The summed E-state index contributed by atoms with van der Waals surface area (Å²) < 4.78 is 10.4. The van der Waals surface area contributed by atoms with Crippen LogP contribution in [0.5, 0.6) is 5.75 Å². The third-order valence-electron chi connectivity index (χ3n) is 2.80. The van der Waals surface area contributed by atoms with Gasteiger partial charge in [0.1, 0.15) is 24.1 Å². The molecule has 0 amide bonds. The van der Waals surface area contributed by atoms with Crippen LogP contribution in [-0.2, 0) is 4.74 Å². The fourth-order valence-corrected chi connectivity index (χ4v) is 1.74. The van der Waals surface area contributed by atoms with E-state index in [0.29, 0.717) is 0 Å². The number of benzene rings is 1. The number of ether oxygens (including phenoxy) is 2. The van der Waals surface area contributed by atoms with E-state index in [9.17, 15) is 20.3 Å². The highest BCUT2D eigenvalue weighted by Gasteiger charge is 2.43. The van der Waals surface area contributed by atoms with Gasteiger partial charge in [0.15, 0.2) is 0 Å². The Hall–Kier alpha value is -1.74. The Labute approximate surface area is 108 Å². The van der Waals surface area contributed by atoms with Gasteiger partial charge in [-0.3, -0.25) is 10.1 Å². The Kier molecular flexibility index (Phi) is 3.96. The van der Waals surface area contributed by atoms with Gasteiger partial charge in [-0.05, 0) is 12.1 Å². The third kappa shape index (κ3) is 2.82. The molecule has 1 aliphatic rings. The summed E-state index contributed by atoms with van der Waals surface area (Å²) in [6.45, 7) is -0.446. The summed E-state index contributed by atoms with van der Waals surface area (Å²) in [6, 6.07) is 5.20. The molecule has 0 bridgehead atoms. The molecule has 0 radical (unpaired) electrons. The van der Waals surface area contributed by atoms with Crippen LogP contribution in [0.2, 0.25) is 0 Å². The van der Waals surface area contributed by atoms with E-state index in [2.05, 4.69) is 0 Å². The number of non-ortho nitro benzene ring substituents is 1. The third-order valence-corrected chi connectivity index (χ3v) is 2.80. The fourth-order valence-electron chi connectivity index (χ4n) is 1.74. The highest BCUT2D eigenvalue weighted by atomic mass is 16.7. The molecule has 1 aromatic rings. The van der Waals surface area contributed by atoms with Crippen molar-refractivity contribution in [3.8, 4) is 5.75 Å². The molecule has 4 atom stereocenters. The molecule has 0 saturated carbocycles. The molecule has 8 nitrogen and oxygen atoms in total. The number of rotatable bonds is 4. The summed E-state index contributed by atoms with van der Waals surface area (Å²) in [5.74, 6) is 0.250. The highest BCUT2D eigenvalue weighted by Crippen LogP contribution is 2.25. The van der Waals surface area contributed by atoms with Crippen molar-refractivity contribution in [2.24, 2.45) is 0 Å². The number of hydrogen-bond donors (Lipinski definition) is 3. The molecule has 1 heterocycles. The van der Waals surface area contributed by atoms with Gasteiger partial charge in [-0.15, -0.1) is 0 Å². The van der Waals surface area contributed by atoms with Crippen molar-refractivity contribution in [3.63, 3.8) is 0 Å². The molecule has 1 aromatic carbocycles. The van der Waals surface area contributed by atoms with Crippen LogP contribution in [0, 0.1) is 10.1 Å². The maximum Gasteiger partial charge on any atom is 0.269 e. The summed E-state index contributed by atoms with van der Waals surface area (Å²) in [7, 11) is 0. The fraction of sp³-hybridized carbons (Fsp3) is 0.455. The van der Waals surface area contributed by atoms with Crippen molar-refractivity contribution in [1.82, 2.24) is 0 Å². The van der Waals surface area contributed by atoms with E-state index < -0.39 is 36.1 Å². The zero-order chi connectivity index (χ0) is 14.0. The molecule has 8 heteroatoms.